The maximum absolute atomic E-state index is 3.56. The van der Waals surface area contributed by atoms with E-state index in [1.807, 2.05) is 0 Å². The summed E-state index contributed by atoms with van der Waals surface area (Å²) in [5.41, 5.74) is 0. The molecule has 2 atom stereocenters. The molecule has 2 heteroatoms. The minimum absolute atomic E-state index is 0.843. The Morgan fingerprint density at radius 3 is 2.70 bits per heavy atom. The highest BCUT2D eigenvalue weighted by Gasteiger charge is 2.27. The van der Waals surface area contributed by atoms with Gasteiger partial charge in [0, 0.05) is 6.04 Å². The van der Waals surface area contributed by atoms with Gasteiger partial charge in [0.25, 0.3) is 0 Å². The molecule has 0 bridgehead atoms. The van der Waals surface area contributed by atoms with Gasteiger partial charge in [-0.3, -0.25) is 0 Å². The summed E-state index contributed by atoms with van der Waals surface area (Å²) in [6.45, 7) is 3.71. The van der Waals surface area contributed by atoms with E-state index in [1.165, 1.54) is 38.9 Å². The van der Waals surface area contributed by atoms with Crippen LogP contribution in [0.15, 0.2) is 0 Å². The van der Waals surface area contributed by atoms with Crippen molar-refractivity contribution in [3.63, 3.8) is 0 Å². The first kappa shape index (κ1) is 6.62. The van der Waals surface area contributed by atoms with Crippen molar-refractivity contribution in [2.24, 2.45) is 5.92 Å². The van der Waals surface area contributed by atoms with Gasteiger partial charge in [-0.1, -0.05) is 0 Å². The van der Waals surface area contributed by atoms with Crippen LogP contribution in [0.1, 0.15) is 19.3 Å². The average Bonchev–Trinajstić information content (AvgIpc) is 2.28. The van der Waals surface area contributed by atoms with Crippen molar-refractivity contribution in [1.82, 2.24) is 10.6 Å². The molecule has 2 fully saturated rings. The fourth-order valence-corrected chi connectivity index (χ4v) is 2.18. The molecule has 0 aromatic carbocycles. The first-order valence-electron chi connectivity index (χ1n) is 4.41. The molecule has 0 spiro atoms. The highest BCUT2D eigenvalue weighted by atomic mass is 15.0. The Bertz CT molecular complexity index is 102. The van der Waals surface area contributed by atoms with Crippen LogP contribution in [-0.4, -0.2) is 25.7 Å². The van der Waals surface area contributed by atoms with Gasteiger partial charge in [-0.2, -0.15) is 0 Å². The van der Waals surface area contributed by atoms with E-state index in [0.717, 1.165) is 12.0 Å². The van der Waals surface area contributed by atoms with E-state index in [4.69, 9.17) is 0 Å². The number of fused-ring (bicyclic) bond motifs is 1. The maximum Gasteiger partial charge on any atom is 0.0108 e. The Kier molecular flexibility index (Phi) is 1.91. The molecule has 0 aliphatic carbocycles. The van der Waals surface area contributed by atoms with Crippen LogP contribution < -0.4 is 10.6 Å². The van der Waals surface area contributed by atoms with E-state index < -0.39 is 0 Å². The van der Waals surface area contributed by atoms with Crippen LogP contribution in [-0.2, 0) is 0 Å². The van der Waals surface area contributed by atoms with Crippen molar-refractivity contribution in [3.05, 3.63) is 0 Å². The molecule has 2 heterocycles. The van der Waals surface area contributed by atoms with Crippen molar-refractivity contribution < 1.29 is 0 Å². The topological polar surface area (TPSA) is 24.1 Å². The molecule has 0 saturated carbocycles. The van der Waals surface area contributed by atoms with Crippen molar-refractivity contribution in [2.75, 3.05) is 19.6 Å². The summed E-state index contributed by atoms with van der Waals surface area (Å²) in [6, 6.07) is 0.843. The van der Waals surface area contributed by atoms with Gasteiger partial charge >= 0.3 is 0 Å². The summed E-state index contributed by atoms with van der Waals surface area (Å²) >= 11 is 0. The molecule has 58 valence electrons. The van der Waals surface area contributed by atoms with E-state index >= 15 is 0 Å². The van der Waals surface area contributed by atoms with E-state index in [2.05, 4.69) is 10.6 Å². The van der Waals surface area contributed by atoms with Gasteiger partial charge in [-0.25, -0.2) is 0 Å². The number of hydrogen-bond acceptors (Lipinski definition) is 2. The molecule has 2 saturated heterocycles. The highest BCUT2D eigenvalue weighted by molar-refractivity contribution is 4.86. The van der Waals surface area contributed by atoms with Gasteiger partial charge in [-0.15, -0.1) is 0 Å². The fraction of sp³-hybridized carbons (Fsp3) is 1.00. The second-order valence-electron chi connectivity index (χ2n) is 3.44. The predicted octanol–water partition coefficient (Wildman–Crippen LogP) is 0.348. The second kappa shape index (κ2) is 2.89. The zero-order valence-electron chi connectivity index (χ0n) is 6.40. The molecule has 2 rings (SSSR count). The quantitative estimate of drug-likeness (QED) is 0.507. The van der Waals surface area contributed by atoms with Crippen molar-refractivity contribution >= 4 is 0 Å². The maximum atomic E-state index is 3.56. The third-order valence-corrected chi connectivity index (χ3v) is 2.81. The van der Waals surface area contributed by atoms with Crippen LogP contribution in [0.25, 0.3) is 0 Å². The zero-order valence-corrected chi connectivity index (χ0v) is 6.40. The van der Waals surface area contributed by atoms with Crippen LogP contribution >= 0.6 is 0 Å². The molecule has 2 nitrogen and oxygen atoms in total. The molecule has 0 aromatic rings. The van der Waals surface area contributed by atoms with Crippen LogP contribution in [0.3, 0.4) is 0 Å². The number of hydrogen-bond donors (Lipinski definition) is 2. The summed E-state index contributed by atoms with van der Waals surface area (Å²) in [5, 5.41) is 6.99. The Hall–Kier alpha value is -0.0800. The minimum atomic E-state index is 0.843. The Morgan fingerprint density at radius 2 is 1.70 bits per heavy atom. The molecular formula is C8H16N2. The fourth-order valence-electron chi connectivity index (χ4n) is 2.18. The van der Waals surface area contributed by atoms with Crippen molar-refractivity contribution in [3.8, 4) is 0 Å². The van der Waals surface area contributed by atoms with Crippen molar-refractivity contribution in [2.45, 2.75) is 25.3 Å². The molecule has 10 heavy (non-hydrogen) atoms. The molecule has 2 aliphatic heterocycles. The number of nitrogens with one attached hydrogen (secondary N) is 2. The van der Waals surface area contributed by atoms with Crippen molar-refractivity contribution in [1.29, 1.82) is 0 Å². The second-order valence-corrected chi connectivity index (χ2v) is 3.44. The lowest BCUT2D eigenvalue weighted by atomic mass is 9.96. The lowest BCUT2D eigenvalue weighted by molar-refractivity contribution is 0.436. The third kappa shape index (κ3) is 1.18. The SMILES string of the molecule is C1C[C@@H]2CCN[C@H]2CCN1. The zero-order chi connectivity index (χ0) is 6.81. The first-order valence-corrected chi connectivity index (χ1v) is 4.41. The molecule has 0 aromatic heterocycles. The standard InChI is InChI=1S/C8H16N2/c1-4-9-5-3-8-7(1)2-6-10-8/h7-10H,1-6H2/t7-,8+/m1/s1. The van der Waals surface area contributed by atoms with Gasteiger partial charge in [0.2, 0.25) is 0 Å². The molecule has 2 aliphatic rings. The minimum Gasteiger partial charge on any atom is -0.317 e. The summed E-state index contributed by atoms with van der Waals surface area (Å²) in [4.78, 5) is 0. The molecule has 0 unspecified atom stereocenters. The summed E-state index contributed by atoms with van der Waals surface area (Å²) in [5.74, 6) is 0.981. The van der Waals surface area contributed by atoms with E-state index in [1.54, 1.807) is 0 Å². The Morgan fingerprint density at radius 1 is 0.900 bits per heavy atom. The molecule has 0 radical (unpaired) electrons. The number of rotatable bonds is 0. The van der Waals surface area contributed by atoms with Gasteiger partial charge in [-0.05, 0) is 44.8 Å². The smallest absolute Gasteiger partial charge is 0.0108 e. The molecule has 2 N–H and O–H groups in total. The first-order chi connectivity index (χ1) is 4.97. The largest absolute Gasteiger partial charge is 0.317 e. The Balaban J connectivity index is 1.95. The van der Waals surface area contributed by atoms with Gasteiger partial charge in [0.15, 0.2) is 0 Å². The average molecular weight is 140 g/mol. The van der Waals surface area contributed by atoms with Crippen LogP contribution in [0, 0.1) is 5.92 Å². The lowest BCUT2D eigenvalue weighted by Gasteiger charge is -2.13. The van der Waals surface area contributed by atoms with Gasteiger partial charge in [0.05, 0.1) is 0 Å². The lowest BCUT2D eigenvalue weighted by Crippen LogP contribution is -2.27. The summed E-state index contributed by atoms with van der Waals surface area (Å²) in [7, 11) is 0. The monoisotopic (exact) mass is 140 g/mol. The Labute approximate surface area is 62.4 Å². The van der Waals surface area contributed by atoms with E-state index in [-0.39, 0.29) is 0 Å². The highest BCUT2D eigenvalue weighted by Crippen LogP contribution is 2.22. The predicted molar refractivity (Wildman–Crippen MR) is 42.0 cm³/mol. The van der Waals surface area contributed by atoms with Gasteiger partial charge in [0.1, 0.15) is 0 Å². The van der Waals surface area contributed by atoms with Crippen LogP contribution in [0.2, 0.25) is 0 Å². The van der Waals surface area contributed by atoms with Crippen LogP contribution in [0.4, 0.5) is 0 Å². The third-order valence-electron chi connectivity index (χ3n) is 2.81. The molecular weight excluding hydrogens is 124 g/mol. The summed E-state index contributed by atoms with van der Waals surface area (Å²) < 4.78 is 0. The van der Waals surface area contributed by atoms with Crippen LogP contribution in [0.5, 0.6) is 0 Å². The van der Waals surface area contributed by atoms with E-state index in [0.29, 0.717) is 0 Å². The van der Waals surface area contributed by atoms with E-state index in [9.17, 15) is 0 Å². The molecule has 0 amide bonds. The summed E-state index contributed by atoms with van der Waals surface area (Å²) in [6.07, 6.45) is 4.13. The van der Waals surface area contributed by atoms with Gasteiger partial charge < -0.3 is 10.6 Å². The normalized spacial score (nSPS) is 40.8.